The van der Waals surface area contributed by atoms with Gasteiger partial charge in [-0.2, -0.15) is 5.26 Å². The molecule has 0 amide bonds. The van der Waals surface area contributed by atoms with Crippen molar-refractivity contribution in [2.75, 3.05) is 0 Å². The van der Waals surface area contributed by atoms with Crippen LogP contribution in [-0.2, 0) is 14.3 Å². The van der Waals surface area contributed by atoms with Crippen LogP contribution in [0.5, 0.6) is 0 Å². The zero-order valence-corrected chi connectivity index (χ0v) is 11.1. The molecule has 2 rings (SSSR count). The normalized spacial score (nSPS) is 38.7. The van der Waals surface area contributed by atoms with Gasteiger partial charge in [-0.05, 0) is 20.8 Å². The van der Waals surface area contributed by atoms with Gasteiger partial charge in [0.15, 0.2) is 11.6 Å². The van der Waals surface area contributed by atoms with Gasteiger partial charge in [-0.25, -0.2) is 0 Å². The SMILES string of the molecule is C[C@H]1O[C@@H]2C(C)(C)C(=O)C(C#N)=C[C@@]2(C)CC1=O. The number of hydrogen-bond donors (Lipinski definition) is 0. The van der Waals surface area contributed by atoms with E-state index in [0.717, 1.165) is 0 Å². The van der Waals surface area contributed by atoms with Crippen LogP contribution in [0.2, 0.25) is 0 Å². The van der Waals surface area contributed by atoms with Crippen LogP contribution in [0, 0.1) is 22.2 Å². The van der Waals surface area contributed by atoms with Crippen molar-refractivity contribution in [3.63, 3.8) is 0 Å². The minimum atomic E-state index is -0.774. The fourth-order valence-electron chi connectivity index (χ4n) is 3.11. The number of ether oxygens (including phenoxy) is 1. The maximum Gasteiger partial charge on any atom is 0.181 e. The topological polar surface area (TPSA) is 67.2 Å². The first-order valence-corrected chi connectivity index (χ1v) is 6.08. The molecule has 18 heavy (non-hydrogen) atoms. The summed E-state index contributed by atoms with van der Waals surface area (Å²) in [7, 11) is 0. The van der Waals surface area contributed by atoms with Gasteiger partial charge in [0.05, 0.1) is 17.1 Å². The molecule has 1 aliphatic heterocycles. The van der Waals surface area contributed by atoms with E-state index in [9.17, 15) is 9.59 Å². The largest absolute Gasteiger partial charge is 0.366 e. The van der Waals surface area contributed by atoms with Gasteiger partial charge in [0, 0.05) is 11.8 Å². The molecule has 4 heteroatoms. The van der Waals surface area contributed by atoms with Crippen molar-refractivity contribution in [2.24, 2.45) is 10.8 Å². The molecule has 1 saturated heterocycles. The Morgan fingerprint density at radius 3 is 2.56 bits per heavy atom. The van der Waals surface area contributed by atoms with Gasteiger partial charge in [0.2, 0.25) is 0 Å². The monoisotopic (exact) mass is 247 g/mol. The van der Waals surface area contributed by atoms with E-state index in [1.807, 2.05) is 13.0 Å². The standard InChI is InChI=1S/C14H17NO3/c1-8-10(16)6-14(4)5-9(7-15)11(17)13(2,3)12(14)18-8/h5,8,12H,6H2,1-4H3/t8-,12-,14+/m1/s1. The summed E-state index contributed by atoms with van der Waals surface area (Å²) >= 11 is 0. The lowest BCUT2D eigenvalue weighted by Crippen LogP contribution is -2.57. The molecule has 2 aliphatic rings. The maximum atomic E-state index is 12.2. The van der Waals surface area contributed by atoms with E-state index in [0.29, 0.717) is 6.42 Å². The molecule has 1 heterocycles. The molecule has 3 atom stereocenters. The van der Waals surface area contributed by atoms with E-state index in [2.05, 4.69) is 0 Å². The first kappa shape index (κ1) is 13.0. The Kier molecular flexibility index (Phi) is 2.71. The van der Waals surface area contributed by atoms with E-state index in [1.165, 1.54) is 0 Å². The number of rotatable bonds is 0. The molecule has 4 nitrogen and oxygen atoms in total. The summed E-state index contributed by atoms with van der Waals surface area (Å²) in [6.45, 7) is 7.16. The van der Waals surface area contributed by atoms with Gasteiger partial charge < -0.3 is 4.74 Å². The van der Waals surface area contributed by atoms with Crippen LogP contribution < -0.4 is 0 Å². The van der Waals surface area contributed by atoms with Crippen molar-refractivity contribution < 1.29 is 14.3 Å². The zero-order chi connectivity index (χ0) is 13.7. The van der Waals surface area contributed by atoms with E-state index >= 15 is 0 Å². The van der Waals surface area contributed by atoms with Crippen LogP contribution >= 0.6 is 0 Å². The number of carbonyl (C=O) groups excluding carboxylic acids is 2. The van der Waals surface area contributed by atoms with Gasteiger partial charge in [-0.3, -0.25) is 9.59 Å². The van der Waals surface area contributed by atoms with Gasteiger partial charge >= 0.3 is 0 Å². The molecular formula is C14H17NO3. The second kappa shape index (κ2) is 3.76. The van der Waals surface area contributed by atoms with Gasteiger partial charge in [-0.15, -0.1) is 0 Å². The molecule has 0 saturated carbocycles. The molecule has 96 valence electrons. The minimum Gasteiger partial charge on any atom is -0.366 e. The highest BCUT2D eigenvalue weighted by atomic mass is 16.5. The number of fused-ring (bicyclic) bond motifs is 1. The summed E-state index contributed by atoms with van der Waals surface area (Å²) < 4.78 is 5.76. The number of allylic oxidation sites excluding steroid dienone is 1. The Balaban J connectivity index is 2.56. The molecule has 0 spiro atoms. The Hall–Kier alpha value is -1.47. The van der Waals surface area contributed by atoms with Crippen LogP contribution in [0.1, 0.15) is 34.1 Å². The van der Waals surface area contributed by atoms with Crippen molar-refractivity contribution >= 4 is 11.6 Å². The van der Waals surface area contributed by atoms with Crippen molar-refractivity contribution in [1.82, 2.24) is 0 Å². The summed E-state index contributed by atoms with van der Waals surface area (Å²) in [5, 5.41) is 9.05. The average molecular weight is 247 g/mol. The predicted molar refractivity (Wildman–Crippen MR) is 64.6 cm³/mol. The smallest absolute Gasteiger partial charge is 0.181 e. The number of carbonyl (C=O) groups is 2. The summed E-state index contributed by atoms with van der Waals surface area (Å²) in [6.07, 6.45) is 1.10. The molecule has 0 radical (unpaired) electrons. The lowest BCUT2D eigenvalue weighted by Gasteiger charge is -2.50. The highest BCUT2D eigenvalue weighted by molar-refractivity contribution is 6.04. The second-order valence-corrected chi connectivity index (χ2v) is 6.03. The second-order valence-electron chi connectivity index (χ2n) is 6.03. The van der Waals surface area contributed by atoms with Crippen LogP contribution in [0.3, 0.4) is 0 Å². The lowest BCUT2D eigenvalue weighted by atomic mass is 9.60. The Morgan fingerprint density at radius 1 is 1.39 bits per heavy atom. The van der Waals surface area contributed by atoms with E-state index in [4.69, 9.17) is 10.00 Å². The highest BCUT2D eigenvalue weighted by Crippen LogP contribution is 2.49. The number of Topliss-reactive ketones (excluding diaryl/α,β-unsaturated/α-hetero) is 2. The molecule has 0 aromatic rings. The highest BCUT2D eigenvalue weighted by Gasteiger charge is 2.56. The Morgan fingerprint density at radius 2 is 2.00 bits per heavy atom. The van der Waals surface area contributed by atoms with Gasteiger partial charge in [0.1, 0.15) is 12.2 Å². The third-order valence-electron chi connectivity index (χ3n) is 4.03. The van der Waals surface area contributed by atoms with Crippen molar-refractivity contribution in [1.29, 1.82) is 5.26 Å². The van der Waals surface area contributed by atoms with E-state index < -0.39 is 16.9 Å². The van der Waals surface area contributed by atoms with Crippen LogP contribution in [0.15, 0.2) is 11.6 Å². The minimum absolute atomic E-state index is 0.0208. The predicted octanol–water partition coefficient (Wildman–Crippen LogP) is 1.80. The Labute approximate surface area is 107 Å². The summed E-state index contributed by atoms with van der Waals surface area (Å²) in [5.74, 6) is -0.179. The van der Waals surface area contributed by atoms with Crippen LogP contribution in [-0.4, -0.2) is 23.8 Å². The van der Waals surface area contributed by atoms with Gasteiger partial charge in [0.25, 0.3) is 0 Å². The van der Waals surface area contributed by atoms with Crippen LogP contribution in [0.25, 0.3) is 0 Å². The first-order valence-electron chi connectivity index (χ1n) is 6.08. The first-order chi connectivity index (χ1) is 8.22. The summed E-state index contributed by atoms with van der Waals surface area (Å²) in [4.78, 5) is 24.0. The molecule has 0 aromatic heterocycles. The number of nitrogens with zero attached hydrogens (tertiary/aromatic N) is 1. The summed E-state index contributed by atoms with van der Waals surface area (Å²) in [5.41, 5.74) is -1.19. The van der Waals surface area contributed by atoms with Gasteiger partial charge in [-0.1, -0.05) is 13.0 Å². The van der Waals surface area contributed by atoms with Crippen molar-refractivity contribution in [3.05, 3.63) is 11.6 Å². The molecular weight excluding hydrogens is 230 g/mol. The van der Waals surface area contributed by atoms with E-state index in [-0.39, 0.29) is 23.2 Å². The molecule has 0 N–H and O–H groups in total. The van der Waals surface area contributed by atoms with Crippen molar-refractivity contribution in [2.45, 2.75) is 46.3 Å². The Bertz CT molecular complexity index is 498. The maximum absolute atomic E-state index is 12.2. The molecule has 1 aliphatic carbocycles. The number of hydrogen-bond acceptors (Lipinski definition) is 4. The molecule has 0 bridgehead atoms. The molecule has 1 fully saturated rings. The fourth-order valence-corrected chi connectivity index (χ4v) is 3.11. The number of nitriles is 1. The average Bonchev–Trinajstić information content (AvgIpc) is 2.28. The van der Waals surface area contributed by atoms with E-state index in [1.54, 1.807) is 26.8 Å². The molecule has 0 unspecified atom stereocenters. The third-order valence-corrected chi connectivity index (χ3v) is 4.03. The van der Waals surface area contributed by atoms with Crippen molar-refractivity contribution in [3.8, 4) is 6.07 Å². The fraction of sp³-hybridized carbons (Fsp3) is 0.643. The summed E-state index contributed by atoms with van der Waals surface area (Å²) in [6, 6.07) is 1.94. The number of ketones is 2. The third kappa shape index (κ3) is 1.62. The quantitative estimate of drug-likeness (QED) is 0.654. The van der Waals surface area contributed by atoms with Crippen LogP contribution in [0.4, 0.5) is 0 Å². The zero-order valence-electron chi connectivity index (χ0n) is 11.1. The lowest BCUT2D eigenvalue weighted by molar-refractivity contribution is -0.176. The molecule has 0 aromatic carbocycles.